The summed E-state index contributed by atoms with van der Waals surface area (Å²) in [6.07, 6.45) is 2.88. The number of carbonyl (C=O) groups is 2. The van der Waals surface area contributed by atoms with Crippen LogP contribution in [0, 0.1) is 0 Å². The van der Waals surface area contributed by atoms with Gasteiger partial charge in [-0.3, -0.25) is 9.59 Å². The summed E-state index contributed by atoms with van der Waals surface area (Å²) >= 11 is 0. The fourth-order valence-electron chi connectivity index (χ4n) is 1.30. The van der Waals surface area contributed by atoms with Crippen molar-refractivity contribution in [1.82, 2.24) is 0 Å². The lowest BCUT2D eigenvalue weighted by Crippen LogP contribution is -2.10. The standard InChI is InChI=1S/C8H14O3.C6H10O3/c1-3-5-7(9)11-8(10)6-4-2;1(5-3-8-5)7-2-6-4-9-6/h3-6H2,1-2H3;5-6H,1-4H2. The van der Waals surface area contributed by atoms with Gasteiger partial charge in [0.25, 0.3) is 0 Å². The molecule has 2 saturated heterocycles. The van der Waals surface area contributed by atoms with E-state index in [2.05, 4.69) is 4.74 Å². The molecule has 6 nitrogen and oxygen atoms in total. The Morgan fingerprint density at radius 1 is 0.950 bits per heavy atom. The molecule has 0 aromatic heterocycles. The van der Waals surface area contributed by atoms with Crippen LogP contribution in [-0.4, -0.2) is 50.6 Å². The third-order valence-corrected chi connectivity index (χ3v) is 2.55. The van der Waals surface area contributed by atoms with Crippen LogP contribution in [-0.2, 0) is 28.5 Å². The first-order valence-corrected chi connectivity index (χ1v) is 7.20. The Morgan fingerprint density at radius 2 is 1.35 bits per heavy atom. The number of esters is 2. The lowest BCUT2D eigenvalue weighted by atomic mass is 10.3. The molecule has 2 aliphatic rings. The molecule has 2 aliphatic heterocycles. The Bertz CT molecular complexity index is 268. The minimum atomic E-state index is -0.411. The molecule has 0 spiro atoms. The maximum atomic E-state index is 10.7. The summed E-state index contributed by atoms with van der Waals surface area (Å²) in [4.78, 5) is 21.4. The maximum absolute atomic E-state index is 10.7. The van der Waals surface area contributed by atoms with Gasteiger partial charge in [-0.15, -0.1) is 0 Å². The molecule has 2 rings (SSSR count). The van der Waals surface area contributed by atoms with Gasteiger partial charge in [0, 0.05) is 12.8 Å². The van der Waals surface area contributed by atoms with Gasteiger partial charge < -0.3 is 18.9 Å². The Labute approximate surface area is 119 Å². The van der Waals surface area contributed by atoms with Gasteiger partial charge in [-0.25, -0.2) is 0 Å². The van der Waals surface area contributed by atoms with E-state index in [0.29, 0.717) is 25.0 Å². The number of carbonyl (C=O) groups excluding carboxylic acids is 2. The Hall–Kier alpha value is -0.980. The third-order valence-electron chi connectivity index (χ3n) is 2.55. The lowest BCUT2D eigenvalue weighted by molar-refractivity contribution is -0.159. The van der Waals surface area contributed by atoms with E-state index in [1.165, 1.54) is 0 Å². The van der Waals surface area contributed by atoms with E-state index in [0.717, 1.165) is 39.3 Å². The van der Waals surface area contributed by atoms with Gasteiger partial charge in [-0.05, 0) is 12.8 Å². The number of epoxide rings is 2. The zero-order valence-corrected chi connectivity index (χ0v) is 12.3. The number of hydrogen-bond donors (Lipinski definition) is 0. The summed E-state index contributed by atoms with van der Waals surface area (Å²) in [7, 11) is 0. The van der Waals surface area contributed by atoms with Crippen molar-refractivity contribution in [2.45, 2.75) is 51.7 Å². The molecular formula is C14H24O6. The van der Waals surface area contributed by atoms with Crippen LogP contribution in [0.15, 0.2) is 0 Å². The highest BCUT2D eigenvalue weighted by Gasteiger charge is 2.26. The van der Waals surface area contributed by atoms with E-state index in [9.17, 15) is 9.59 Å². The van der Waals surface area contributed by atoms with Crippen molar-refractivity contribution in [1.29, 1.82) is 0 Å². The molecule has 0 aromatic rings. The second kappa shape index (κ2) is 9.85. The lowest BCUT2D eigenvalue weighted by Gasteiger charge is -1.98. The molecule has 2 fully saturated rings. The smallest absolute Gasteiger partial charge is 0.313 e. The van der Waals surface area contributed by atoms with Crippen molar-refractivity contribution in [3.05, 3.63) is 0 Å². The zero-order valence-electron chi connectivity index (χ0n) is 12.3. The molecule has 2 atom stereocenters. The predicted octanol–water partition coefficient (Wildman–Crippen LogP) is 1.46. The Balaban J connectivity index is 0.000000202. The molecule has 116 valence electrons. The van der Waals surface area contributed by atoms with Gasteiger partial charge in [0.1, 0.15) is 12.2 Å². The molecule has 0 bridgehead atoms. The predicted molar refractivity (Wildman–Crippen MR) is 71.2 cm³/mol. The molecule has 0 radical (unpaired) electrons. The monoisotopic (exact) mass is 288 g/mol. The summed E-state index contributed by atoms with van der Waals surface area (Å²) in [5.74, 6) is -0.822. The van der Waals surface area contributed by atoms with Crippen LogP contribution in [0.5, 0.6) is 0 Å². The second-order valence-corrected chi connectivity index (χ2v) is 4.79. The van der Waals surface area contributed by atoms with E-state index in [1.807, 2.05) is 13.8 Å². The molecule has 2 heterocycles. The highest BCUT2D eigenvalue weighted by molar-refractivity contribution is 5.85. The van der Waals surface area contributed by atoms with Crippen LogP contribution in [0.4, 0.5) is 0 Å². The summed E-state index contributed by atoms with van der Waals surface area (Å²) in [5.41, 5.74) is 0. The summed E-state index contributed by atoms with van der Waals surface area (Å²) in [6, 6.07) is 0. The highest BCUT2D eigenvalue weighted by Crippen LogP contribution is 2.12. The third kappa shape index (κ3) is 9.89. The minimum absolute atomic E-state index is 0.329. The second-order valence-electron chi connectivity index (χ2n) is 4.79. The van der Waals surface area contributed by atoms with Crippen LogP contribution < -0.4 is 0 Å². The van der Waals surface area contributed by atoms with Crippen LogP contribution in [0.25, 0.3) is 0 Å². The number of hydrogen-bond acceptors (Lipinski definition) is 6. The number of ether oxygens (including phenoxy) is 4. The number of rotatable bonds is 8. The fraction of sp³-hybridized carbons (Fsp3) is 0.857. The van der Waals surface area contributed by atoms with E-state index in [1.54, 1.807) is 0 Å². The molecule has 0 N–H and O–H groups in total. The van der Waals surface area contributed by atoms with Crippen LogP contribution in [0.2, 0.25) is 0 Å². The average molecular weight is 288 g/mol. The van der Waals surface area contributed by atoms with Gasteiger partial charge in [-0.1, -0.05) is 13.8 Å². The molecular weight excluding hydrogens is 264 g/mol. The van der Waals surface area contributed by atoms with E-state index < -0.39 is 11.9 Å². The van der Waals surface area contributed by atoms with Gasteiger partial charge >= 0.3 is 11.9 Å². The largest absolute Gasteiger partial charge is 0.393 e. The van der Waals surface area contributed by atoms with Crippen molar-refractivity contribution in [2.75, 3.05) is 26.4 Å². The summed E-state index contributed by atoms with van der Waals surface area (Å²) in [6.45, 7) is 6.99. The van der Waals surface area contributed by atoms with Crippen molar-refractivity contribution in [3.8, 4) is 0 Å². The van der Waals surface area contributed by atoms with Gasteiger partial charge in [-0.2, -0.15) is 0 Å². The van der Waals surface area contributed by atoms with Crippen LogP contribution in [0.1, 0.15) is 39.5 Å². The average Bonchev–Trinajstić information content (AvgIpc) is 3.25. The van der Waals surface area contributed by atoms with Crippen molar-refractivity contribution >= 4 is 11.9 Å². The van der Waals surface area contributed by atoms with Crippen molar-refractivity contribution < 1.29 is 28.5 Å². The Morgan fingerprint density at radius 3 is 1.65 bits per heavy atom. The quantitative estimate of drug-likeness (QED) is 0.382. The highest BCUT2D eigenvalue weighted by atomic mass is 16.6. The minimum Gasteiger partial charge on any atom is -0.393 e. The fourth-order valence-corrected chi connectivity index (χ4v) is 1.30. The summed E-state index contributed by atoms with van der Waals surface area (Å²) in [5, 5.41) is 0. The molecule has 6 heteroatoms. The van der Waals surface area contributed by atoms with Crippen molar-refractivity contribution in [3.63, 3.8) is 0 Å². The van der Waals surface area contributed by atoms with Gasteiger partial charge in [0.05, 0.1) is 26.4 Å². The zero-order chi connectivity index (χ0) is 14.8. The van der Waals surface area contributed by atoms with Gasteiger partial charge in [0.2, 0.25) is 0 Å². The topological polar surface area (TPSA) is 77.7 Å². The first-order valence-electron chi connectivity index (χ1n) is 7.20. The van der Waals surface area contributed by atoms with Crippen molar-refractivity contribution in [2.24, 2.45) is 0 Å². The molecule has 0 aliphatic carbocycles. The normalized spacial score (nSPS) is 22.5. The molecule has 0 amide bonds. The first-order chi connectivity index (χ1) is 9.65. The summed E-state index contributed by atoms with van der Waals surface area (Å²) < 4.78 is 19.6. The van der Waals surface area contributed by atoms with E-state index in [-0.39, 0.29) is 0 Å². The molecule has 0 saturated carbocycles. The molecule has 2 unspecified atom stereocenters. The maximum Gasteiger partial charge on any atom is 0.313 e. The Kier molecular flexibility index (Phi) is 8.41. The first kappa shape index (κ1) is 17.1. The van der Waals surface area contributed by atoms with Crippen LogP contribution >= 0.6 is 0 Å². The van der Waals surface area contributed by atoms with Gasteiger partial charge in [0.15, 0.2) is 0 Å². The van der Waals surface area contributed by atoms with E-state index in [4.69, 9.17) is 14.2 Å². The SMILES string of the molecule is C(OCC1CO1)C1CO1.CCCC(=O)OC(=O)CCC. The molecule has 20 heavy (non-hydrogen) atoms. The van der Waals surface area contributed by atoms with E-state index >= 15 is 0 Å². The molecule has 0 aromatic carbocycles. The van der Waals surface area contributed by atoms with Crippen LogP contribution in [0.3, 0.4) is 0 Å².